The predicted octanol–water partition coefficient (Wildman–Crippen LogP) is 4.01. The fraction of sp³-hybridized carbons (Fsp3) is 0.556. The number of aromatic nitrogens is 2. The third kappa shape index (κ3) is 5.08. The summed E-state index contributed by atoms with van der Waals surface area (Å²) in [7, 11) is 0. The quantitative estimate of drug-likeness (QED) is 0.694. The average Bonchev–Trinajstić information content (AvgIpc) is 3.61. The van der Waals surface area contributed by atoms with Gasteiger partial charge in [-0.15, -0.1) is 0 Å². The predicted molar refractivity (Wildman–Crippen MR) is 128 cm³/mol. The van der Waals surface area contributed by atoms with Crippen LogP contribution in [0.2, 0.25) is 0 Å². The summed E-state index contributed by atoms with van der Waals surface area (Å²) in [6.45, 7) is 1.43. The van der Waals surface area contributed by atoms with Crippen LogP contribution in [0.1, 0.15) is 74.6 Å². The summed E-state index contributed by atoms with van der Waals surface area (Å²) in [6.07, 6.45) is 11.9. The Morgan fingerprint density at radius 1 is 1.06 bits per heavy atom. The molecule has 1 saturated heterocycles. The number of carbonyl (C=O) groups is 2. The maximum absolute atomic E-state index is 13.6. The fourth-order valence-electron chi connectivity index (χ4n) is 5.72. The number of amides is 2. The summed E-state index contributed by atoms with van der Waals surface area (Å²) in [5, 5.41) is 7.35. The first-order valence-electron chi connectivity index (χ1n) is 12.8. The molecule has 0 radical (unpaired) electrons. The van der Waals surface area contributed by atoms with E-state index in [9.17, 15) is 9.59 Å². The minimum Gasteiger partial charge on any atom is -0.356 e. The van der Waals surface area contributed by atoms with E-state index in [0.717, 1.165) is 50.6 Å². The smallest absolute Gasteiger partial charge is 0.229 e. The Hall–Kier alpha value is -2.96. The minimum absolute atomic E-state index is 0.00812. The van der Waals surface area contributed by atoms with E-state index in [2.05, 4.69) is 22.6 Å². The summed E-state index contributed by atoms with van der Waals surface area (Å²) >= 11 is 0. The van der Waals surface area contributed by atoms with Crippen LogP contribution in [0.15, 0.2) is 47.0 Å². The lowest BCUT2D eigenvalue weighted by atomic mass is 9.97. The van der Waals surface area contributed by atoms with Gasteiger partial charge in [0.15, 0.2) is 5.82 Å². The Bertz CT molecular complexity index is 1010. The number of allylic oxidation sites excluding steroid dienone is 2. The Kier molecular flexibility index (Phi) is 7.07. The third-order valence-electron chi connectivity index (χ3n) is 7.57. The first kappa shape index (κ1) is 22.8. The molecule has 1 aromatic heterocycles. The molecule has 1 N–H and O–H groups in total. The largest absolute Gasteiger partial charge is 0.356 e. The summed E-state index contributed by atoms with van der Waals surface area (Å²) < 4.78 is 5.68. The van der Waals surface area contributed by atoms with Gasteiger partial charge >= 0.3 is 0 Å². The normalized spacial score (nSPS) is 26.2. The molecule has 34 heavy (non-hydrogen) atoms. The molecule has 3 aliphatic rings. The lowest BCUT2D eigenvalue weighted by Crippen LogP contribution is -2.49. The second-order valence-corrected chi connectivity index (χ2v) is 9.93. The highest BCUT2D eigenvalue weighted by Crippen LogP contribution is 2.42. The Morgan fingerprint density at radius 3 is 2.68 bits per heavy atom. The monoisotopic (exact) mass is 462 g/mol. The van der Waals surface area contributed by atoms with Crippen molar-refractivity contribution in [2.24, 2.45) is 11.8 Å². The van der Waals surface area contributed by atoms with Crippen molar-refractivity contribution in [2.45, 2.75) is 69.7 Å². The van der Waals surface area contributed by atoms with Crippen LogP contribution in [0.4, 0.5) is 0 Å². The zero-order chi connectivity index (χ0) is 23.3. The lowest BCUT2D eigenvalue weighted by Gasteiger charge is -2.34. The molecule has 1 aliphatic heterocycles. The number of nitrogens with one attached hydrogen (secondary N) is 1. The molecule has 180 valence electrons. The molecular formula is C27H34N4O3. The topological polar surface area (TPSA) is 88.3 Å². The number of rotatable bonds is 4. The third-order valence-corrected chi connectivity index (χ3v) is 7.57. The second-order valence-electron chi connectivity index (χ2n) is 9.93. The molecule has 2 aliphatic carbocycles. The summed E-state index contributed by atoms with van der Waals surface area (Å²) in [5.41, 5.74) is 1.13. The van der Waals surface area contributed by atoms with Crippen molar-refractivity contribution in [3.05, 3.63) is 59.8 Å². The summed E-state index contributed by atoms with van der Waals surface area (Å²) in [4.78, 5) is 33.5. The van der Waals surface area contributed by atoms with E-state index in [0.29, 0.717) is 37.5 Å². The number of hydrogen-bond donors (Lipinski definition) is 1. The van der Waals surface area contributed by atoms with Gasteiger partial charge in [-0.05, 0) is 44.1 Å². The van der Waals surface area contributed by atoms with Crippen LogP contribution in [0.3, 0.4) is 0 Å². The number of carbonyl (C=O) groups excluding carboxylic acids is 2. The Morgan fingerprint density at radius 2 is 1.85 bits per heavy atom. The highest BCUT2D eigenvalue weighted by atomic mass is 16.5. The van der Waals surface area contributed by atoms with Crippen molar-refractivity contribution in [1.29, 1.82) is 0 Å². The number of fused-ring (bicyclic) bond motifs is 1. The molecular weight excluding hydrogens is 428 g/mol. The molecule has 2 heterocycles. The first-order valence-corrected chi connectivity index (χ1v) is 12.8. The van der Waals surface area contributed by atoms with Crippen LogP contribution >= 0.6 is 0 Å². The first-order chi connectivity index (χ1) is 16.7. The van der Waals surface area contributed by atoms with Gasteiger partial charge in [0, 0.05) is 37.4 Å². The van der Waals surface area contributed by atoms with Crippen molar-refractivity contribution >= 4 is 11.8 Å². The van der Waals surface area contributed by atoms with Crippen LogP contribution in [-0.2, 0) is 16.0 Å². The van der Waals surface area contributed by atoms with Gasteiger partial charge in [-0.3, -0.25) is 9.59 Å². The highest BCUT2D eigenvalue weighted by molar-refractivity contribution is 5.83. The van der Waals surface area contributed by atoms with Gasteiger partial charge < -0.3 is 14.7 Å². The van der Waals surface area contributed by atoms with Crippen molar-refractivity contribution in [3.8, 4) is 0 Å². The van der Waals surface area contributed by atoms with Crippen molar-refractivity contribution in [1.82, 2.24) is 20.4 Å². The van der Waals surface area contributed by atoms with E-state index >= 15 is 0 Å². The van der Waals surface area contributed by atoms with Crippen molar-refractivity contribution in [2.75, 3.05) is 13.1 Å². The van der Waals surface area contributed by atoms with Gasteiger partial charge in [-0.2, -0.15) is 4.98 Å². The van der Waals surface area contributed by atoms with E-state index < -0.39 is 0 Å². The van der Waals surface area contributed by atoms with Crippen LogP contribution < -0.4 is 5.32 Å². The van der Waals surface area contributed by atoms with Crippen LogP contribution in [0, 0.1) is 11.8 Å². The van der Waals surface area contributed by atoms with Gasteiger partial charge in [0.05, 0.1) is 5.92 Å². The van der Waals surface area contributed by atoms with E-state index in [4.69, 9.17) is 9.51 Å². The van der Waals surface area contributed by atoms with E-state index in [1.165, 1.54) is 0 Å². The van der Waals surface area contributed by atoms with Gasteiger partial charge in [0.25, 0.3) is 0 Å². The standard InChI is InChI=1S/C27H34N4O3/c32-25-22-17-21(26-29-24(30-34-26)16-19-10-4-3-5-11-19)18-23(22)31(15-9-2-1-8-14-28-25)27(33)20-12-6-7-13-20/h3-7,10-11,20-23H,1-2,8-9,12-18H2,(H,28,32)/t21-,22-,23+/m1/s1. The lowest BCUT2D eigenvalue weighted by molar-refractivity contribution is -0.140. The fourth-order valence-corrected chi connectivity index (χ4v) is 5.72. The summed E-state index contributed by atoms with van der Waals surface area (Å²) in [6, 6.07) is 9.97. The zero-order valence-electron chi connectivity index (χ0n) is 19.7. The van der Waals surface area contributed by atoms with Gasteiger partial charge in [0.1, 0.15) is 0 Å². The van der Waals surface area contributed by atoms with E-state index in [-0.39, 0.29) is 35.6 Å². The molecule has 0 unspecified atom stereocenters. The second kappa shape index (κ2) is 10.5. The van der Waals surface area contributed by atoms with Crippen molar-refractivity contribution in [3.63, 3.8) is 0 Å². The Labute approximate surface area is 201 Å². The Balaban J connectivity index is 1.36. The molecule has 7 nitrogen and oxygen atoms in total. The van der Waals surface area contributed by atoms with E-state index in [1.807, 2.05) is 35.2 Å². The van der Waals surface area contributed by atoms with E-state index in [1.54, 1.807) is 0 Å². The zero-order valence-corrected chi connectivity index (χ0v) is 19.7. The SMILES string of the molecule is O=C1NCCCCCCN(C(=O)C2CC=CC2)[C@H]2C[C@H](c3nc(Cc4ccccc4)no3)C[C@@H]12. The molecule has 0 spiro atoms. The average molecular weight is 463 g/mol. The highest BCUT2D eigenvalue weighted by Gasteiger charge is 2.46. The molecule has 5 rings (SSSR count). The molecule has 1 aromatic carbocycles. The molecule has 2 amide bonds. The molecule has 2 fully saturated rings. The molecule has 0 bridgehead atoms. The molecule has 3 atom stereocenters. The van der Waals surface area contributed by atoms with Gasteiger partial charge in [-0.1, -0.05) is 60.5 Å². The van der Waals surface area contributed by atoms with Gasteiger partial charge in [-0.25, -0.2) is 0 Å². The van der Waals surface area contributed by atoms with Crippen LogP contribution in [0.5, 0.6) is 0 Å². The van der Waals surface area contributed by atoms with Gasteiger partial charge in [0.2, 0.25) is 17.7 Å². The number of benzene rings is 1. The summed E-state index contributed by atoms with van der Waals surface area (Å²) in [5.74, 6) is 1.25. The molecule has 7 heteroatoms. The number of nitrogens with zero attached hydrogens (tertiary/aromatic N) is 3. The van der Waals surface area contributed by atoms with Crippen molar-refractivity contribution < 1.29 is 14.1 Å². The van der Waals surface area contributed by atoms with Crippen LogP contribution in [-0.4, -0.2) is 46.0 Å². The minimum atomic E-state index is -0.245. The number of hydrogen-bond acceptors (Lipinski definition) is 5. The maximum atomic E-state index is 13.6. The molecule has 2 aromatic rings. The maximum Gasteiger partial charge on any atom is 0.229 e. The van der Waals surface area contributed by atoms with Crippen LogP contribution in [0.25, 0.3) is 0 Å². The molecule has 1 saturated carbocycles.